The Labute approximate surface area is 94.3 Å². The van der Waals surface area contributed by atoms with E-state index in [-0.39, 0.29) is 13.2 Å². The molecule has 16 heavy (non-hydrogen) atoms. The van der Waals surface area contributed by atoms with Gasteiger partial charge in [-0.3, -0.25) is 0 Å². The summed E-state index contributed by atoms with van der Waals surface area (Å²) < 4.78 is 5.31. The number of nitrogens with zero attached hydrogens (tertiary/aromatic N) is 2. The van der Waals surface area contributed by atoms with Crippen LogP contribution in [0.15, 0.2) is 6.33 Å². The maximum absolute atomic E-state index is 9.20. The monoisotopic (exact) mass is 227 g/mol. The van der Waals surface area contributed by atoms with Gasteiger partial charge in [-0.15, -0.1) is 0 Å². The maximum atomic E-state index is 9.20. The lowest BCUT2D eigenvalue weighted by Crippen LogP contribution is -2.23. The van der Waals surface area contributed by atoms with Gasteiger partial charge in [-0.05, 0) is 13.8 Å². The van der Waals surface area contributed by atoms with Crippen molar-refractivity contribution in [1.29, 1.82) is 0 Å². The summed E-state index contributed by atoms with van der Waals surface area (Å²) in [6, 6.07) is 0. The Hall–Kier alpha value is -1.40. The van der Waals surface area contributed by atoms with Gasteiger partial charge in [0, 0.05) is 6.54 Å². The molecule has 0 aliphatic carbocycles. The minimum atomic E-state index is -0.801. The highest BCUT2D eigenvalue weighted by atomic mass is 16.5. The van der Waals surface area contributed by atoms with E-state index in [9.17, 15) is 5.11 Å². The molecule has 0 fully saturated rings. The zero-order valence-corrected chi connectivity index (χ0v) is 9.47. The van der Waals surface area contributed by atoms with Crippen LogP contribution in [0.2, 0.25) is 0 Å². The molecule has 0 aliphatic rings. The molecule has 3 N–H and O–H groups in total. The highest BCUT2D eigenvalue weighted by Gasteiger charge is 2.08. The summed E-state index contributed by atoms with van der Waals surface area (Å²) in [4.78, 5) is 8.02. The summed E-state index contributed by atoms with van der Waals surface area (Å²) in [5.74, 6) is 1.13. The number of hydrogen-bond acceptors (Lipinski definition) is 6. The number of aliphatic hydroxyl groups excluding tert-OH is 2. The predicted molar refractivity (Wildman–Crippen MR) is 59.5 cm³/mol. The van der Waals surface area contributed by atoms with Crippen molar-refractivity contribution in [3.05, 3.63) is 11.9 Å². The molecule has 1 aromatic heterocycles. The summed E-state index contributed by atoms with van der Waals surface area (Å²) in [6.45, 7) is 4.20. The maximum Gasteiger partial charge on any atom is 0.221 e. The summed E-state index contributed by atoms with van der Waals surface area (Å²) in [7, 11) is 0. The minimum absolute atomic E-state index is 0.236. The van der Waals surface area contributed by atoms with Crippen LogP contribution in [0.5, 0.6) is 5.88 Å². The Morgan fingerprint density at radius 3 is 2.88 bits per heavy atom. The van der Waals surface area contributed by atoms with Crippen LogP contribution in [0, 0.1) is 6.92 Å². The number of hydrogen-bond donors (Lipinski definition) is 3. The van der Waals surface area contributed by atoms with Crippen LogP contribution < -0.4 is 10.1 Å². The molecule has 0 saturated heterocycles. The van der Waals surface area contributed by atoms with Gasteiger partial charge in [-0.25, -0.2) is 9.97 Å². The van der Waals surface area contributed by atoms with Crippen LogP contribution in [0.3, 0.4) is 0 Å². The average molecular weight is 227 g/mol. The molecule has 0 bridgehead atoms. The molecule has 1 rings (SSSR count). The lowest BCUT2D eigenvalue weighted by atomic mass is 10.3. The van der Waals surface area contributed by atoms with Crippen molar-refractivity contribution in [2.45, 2.75) is 20.0 Å². The minimum Gasteiger partial charge on any atom is -0.478 e. The second-order valence-corrected chi connectivity index (χ2v) is 3.30. The van der Waals surface area contributed by atoms with Crippen molar-refractivity contribution >= 4 is 5.82 Å². The third-order valence-corrected chi connectivity index (χ3v) is 2.03. The van der Waals surface area contributed by atoms with E-state index < -0.39 is 6.10 Å². The van der Waals surface area contributed by atoms with Gasteiger partial charge < -0.3 is 20.3 Å². The highest BCUT2D eigenvalue weighted by Crippen LogP contribution is 2.19. The Balaban J connectivity index is 2.69. The lowest BCUT2D eigenvalue weighted by Gasteiger charge is -2.13. The van der Waals surface area contributed by atoms with Gasteiger partial charge in [0.25, 0.3) is 0 Å². The third-order valence-electron chi connectivity index (χ3n) is 2.03. The van der Waals surface area contributed by atoms with Crippen LogP contribution in [0.4, 0.5) is 5.82 Å². The lowest BCUT2D eigenvalue weighted by molar-refractivity contribution is 0.105. The quantitative estimate of drug-likeness (QED) is 0.631. The van der Waals surface area contributed by atoms with Gasteiger partial charge in [0.15, 0.2) is 0 Å². The molecular weight excluding hydrogens is 210 g/mol. The summed E-state index contributed by atoms with van der Waals surface area (Å²) in [5, 5.41) is 20.8. The van der Waals surface area contributed by atoms with Gasteiger partial charge >= 0.3 is 0 Å². The Kier molecular flexibility index (Phi) is 4.94. The van der Waals surface area contributed by atoms with E-state index in [0.29, 0.717) is 18.3 Å². The first kappa shape index (κ1) is 12.7. The van der Waals surface area contributed by atoms with Crippen molar-refractivity contribution in [3.63, 3.8) is 0 Å². The number of nitrogens with one attached hydrogen (secondary N) is 1. The first-order chi connectivity index (χ1) is 7.69. The number of aliphatic hydroxyl groups is 2. The van der Waals surface area contributed by atoms with Gasteiger partial charge in [-0.2, -0.15) is 0 Å². The molecule has 0 aliphatic heterocycles. The van der Waals surface area contributed by atoms with Gasteiger partial charge in [0.05, 0.1) is 24.9 Å². The van der Waals surface area contributed by atoms with E-state index in [1.807, 2.05) is 13.8 Å². The molecule has 90 valence electrons. The molecule has 1 heterocycles. The Morgan fingerprint density at radius 1 is 1.50 bits per heavy atom. The zero-order valence-electron chi connectivity index (χ0n) is 9.47. The highest BCUT2D eigenvalue weighted by molar-refractivity contribution is 5.47. The average Bonchev–Trinajstić information content (AvgIpc) is 2.30. The van der Waals surface area contributed by atoms with Crippen molar-refractivity contribution in [2.24, 2.45) is 0 Å². The summed E-state index contributed by atoms with van der Waals surface area (Å²) >= 11 is 0. The SMILES string of the molecule is CCOc1ncnc(NCC(O)CO)c1C. The molecular formula is C10H17N3O3. The number of rotatable bonds is 6. The molecule has 6 heteroatoms. The summed E-state index contributed by atoms with van der Waals surface area (Å²) in [5.41, 5.74) is 0.787. The third kappa shape index (κ3) is 3.32. The fourth-order valence-corrected chi connectivity index (χ4v) is 1.17. The van der Waals surface area contributed by atoms with E-state index >= 15 is 0 Å². The van der Waals surface area contributed by atoms with Crippen molar-refractivity contribution < 1.29 is 14.9 Å². The van der Waals surface area contributed by atoms with E-state index in [1.165, 1.54) is 6.33 Å². The predicted octanol–water partition coefficient (Wildman–Crippen LogP) is -0.0512. The molecule has 1 unspecified atom stereocenters. The van der Waals surface area contributed by atoms with E-state index in [2.05, 4.69) is 15.3 Å². The molecule has 0 saturated carbocycles. The van der Waals surface area contributed by atoms with E-state index in [4.69, 9.17) is 9.84 Å². The van der Waals surface area contributed by atoms with Crippen LogP contribution in [0.25, 0.3) is 0 Å². The molecule has 1 atom stereocenters. The van der Waals surface area contributed by atoms with E-state index in [0.717, 1.165) is 5.56 Å². The number of anilines is 1. The van der Waals surface area contributed by atoms with Crippen LogP contribution in [-0.2, 0) is 0 Å². The fourth-order valence-electron chi connectivity index (χ4n) is 1.17. The van der Waals surface area contributed by atoms with Crippen molar-refractivity contribution in [1.82, 2.24) is 9.97 Å². The molecule has 6 nitrogen and oxygen atoms in total. The second kappa shape index (κ2) is 6.24. The van der Waals surface area contributed by atoms with Crippen LogP contribution >= 0.6 is 0 Å². The molecule has 0 amide bonds. The standard InChI is InChI=1S/C10H17N3O3/c1-3-16-10-7(2)9(12-6-13-10)11-4-8(15)5-14/h6,8,14-15H,3-5H2,1-2H3,(H,11,12,13). The number of aromatic nitrogens is 2. The molecule has 0 aromatic carbocycles. The Morgan fingerprint density at radius 2 is 2.25 bits per heavy atom. The fraction of sp³-hybridized carbons (Fsp3) is 0.600. The van der Waals surface area contributed by atoms with Gasteiger partial charge in [0.2, 0.25) is 5.88 Å². The molecule has 1 aromatic rings. The van der Waals surface area contributed by atoms with Crippen LogP contribution in [0.1, 0.15) is 12.5 Å². The zero-order chi connectivity index (χ0) is 12.0. The largest absolute Gasteiger partial charge is 0.478 e. The van der Waals surface area contributed by atoms with Crippen molar-refractivity contribution in [3.8, 4) is 5.88 Å². The second-order valence-electron chi connectivity index (χ2n) is 3.30. The topological polar surface area (TPSA) is 87.5 Å². The first-order valence-electron chi connectivity index (χ1n) is 5.16. The smallest absolute Gasteiger partial charge is 0.221 e. The Bertz CT molecular complexity index is 333. The number of ether oxygens (including phenoxy) is 1. The van der Waals surface area contributed by atoms with Gasteiger partial charge in [-0.1, -0.05) is 0 Å². The van der Waals surface area contributed by atoms with Crippen molar-refractivity contribution in [2.75, 3.05) is 25.1 Å². The molecule has 0 spiro atoms. The van der Waals surface area contributed by atoms with Crippen LogP contribution in [-0.4, -0.2) is 46.0 Å². The first-order valence-corrected chi connectivity index (χ1v) is 5.16. The normalized spacial score (nSPS) is 12.2. The summed E-state index contributed by atoms with van der Waals surface area (Å²) in [6.07, 6.45) is 0.593. The molecule has 0 radical (unpaired) electrons. The van der Waals surface area contributed by atoms with E-state index in [1.54, 1.807) is 0 Å². The van der Waals surface area contributed by atoms with Gasteiger partial charge in [0.1, 0.15) is 12.1 Å².